The van der Waals surface area contributed by atoms with Crippen LogP contribution in [0.3, 0.4) is 0 Å². The summed E-state index contributed by atoms with van der Waals surface area (Å²) in [5, 5.41) is 0. The van der Waals surface area contributed by atoms with Gasteiger partial charge in [-0.3, -0.25) is 0 Å². The first kappa shape index (κ1) is 10.8. The fraction of sp³-hybridized carbons (Fsp3) is 0.867. The molecular formula is C15H26N+. The zero-order valence-corrected chi connectivity index (χ0v) is 11.2. The minimum Gasteiger partial charge on any atom is -0.317 e. The average Bonchev–Trinajstić information content (AvgIpc) is 2.81. The molecular weight excluding hydrogens is 194 g/mol. The van der Waals surface area contributed by atoms with Crippen LogP contribution >= 0.6 is 0 Å². The largest absolute Gasteiger partial charge is 0.317 e. The van der Waals surface area contributed by atoms with E-state index in [0.29, 0.717) is 5.54 Å². The molecule has 2 heterocycles. The molecule has 0 saturated carbocycles. The molecule has 2 aliphatic heterocycles. The second-order valence-electron chi connectivity index (χ2n) is 6.74. The number of likely N-dealkylation sites (N-methyl/N-ethyl adjacent to an activating group) is 1. The standard InChI is InChI=1S/C15H26N/c1-4-12-10-15(2)14-7-5-6-13(14)8-9-16(15,3)11-12/h12H,4-11H2,1-3H3/q+1/t12?,15-,16?/m1/s1. The summed E-state index contributed by atoms with van der Waals surface area (Å²) in [6.07, 6.45) is 8.51. The van der Waals surface area contributed by atoms with Gasteiger partial charge in [-0.05, 0) is 38.2 Å². The van der Waals surface area contributed by atoms with Crippen LogP contribution in [0, 0.1) is 5.92 Å². The molecule has 1 saturated heterocycles. The lowest BCUT2D eigenvalue weighted by molar-refractivity contribution is -0.941. The molecule has 0 N–H and O–H groups in total. The van der Waals surface area contributed by atoms with Crippen LogP contribution in [-0.2, 0) is 0 Å². The van der Waals surface area contributed by atoms with Crippen molar-refractivity contribution >= 4 is 0 Å². The van der Waals surface area contributed by atoms with E-state index in [-0.39, 0.29) is 0 Å². The first-order chi connectivity index (χ1) is 7.59. The van der Waals surface area contributed by atoms with Crippen LogP contribution in [0.4, 0.5) is 0 Å². The van der Waals surface area contributed by atoms with Crippen molar-refractivity contribution in [1.82, 2.24) is 0 Å². The Bertz CT molecular complexity index is 343. The van der Waals surface area contributed by atoms with Crippen molar-refractivity contribution in [2.24, 2.45) is 5.92 Å². The molecule has 1 aliphatic carbocycles. The third kappa shape index (κ3) is 1.21. The van der Waals surface area contributed by atoms with Crippen LogP contribution in [0.5, 0.6) is 0 Å². The van der Waals surface area contributed by atoms with E-state index >= 15 is 0 Å². The van der Waals surface area contributed by atoms with Gasteiger partial charge in [-0.15, -0.1) is 0 Å². The molecule has 3 aliphatic rings. The highest BCUT2D eigenvalue weighted by molar-refractivity contribution is 5.31. The fourth-order valence-corrected chi connectivity index (χ4v) is 4.79. The molecule has 3 rings (SSSR count). The lowest BCUT2D eigenvalue weighted by Crippen LogP contribution is -2.59. The monoisotopic (exact) mass is 220 g/mol. The van der Waals surface area contributed by atoms with Crippen LogP contribution in [0.25, 0.3) is 0 Å². The van der Waals surface area contributed by atoms with E-state index < -0.39 is 0 Å². The van der Waals surface area contributed by atoms with Gasteiger partial charge in [0.2, 0.25) is 0 Å². The lowest BCUT2D eigenvalue weighted by atomic mass is 9.79. The summed E-state index contributed by atoms with van der Waals surface area (Å²) in [5.74, 6) is 0.974. The number of hydrogen-bond acceptors (Lipinski definition) is 0. The highest BCUT2D eigenvalue weighted by Gasteiger charge is 2.57. The van der Waals surface area contributed by atoms with Crippen LogP contribution in [-0.4, -0.2) is 30.2 Å². The quantitative estimate of drug-likeness (QED) is 0.468. The van der Waals surface area contributed by atoms with E-state index in [2.05, 4.69) is 20.9 Å². The molecule has 0 aromatic rings. The van der Waals surface area contributed by atoms with E-state index in [1.165, 1.54) is 56.1 Å². The summed E-state index contributed by atoms with van der Waals surface area (Å²) < 4.78 is 1.35. The van der Waals surface area contributed by atoms with E-state index in [4.69, 9.17) is 0 Å². The topological polar surface area (TPSA) is 0 Å². The highest BCUT2D eigenvalue weighted by Crippen LogP contribution is 2.52. The van der Waals surface area contributed by atoms with E-state index in [9.17, 15) is 0 Å². The zero-order chi connectivity index (χ0) is 11.4. The molecule has 0 amide bonds. The number of nitrogens with zero attached hydrogens (tertiary/aromatic N) is 1. The van der Waals surface area contributed by atoms with Crippen molar-refractivity contribution in [3.05, 3.63) is 11.1 Å². The summed E-state index contributed by atoms with van der Waals surface area (Å²) in [7, 11) is 2.53. The first-order valence-electron chi connectivity index (χ1n) is 7.15. The van der Waals surface area contributed by atoms with Gasteiger partial charge in [0.25, 0.3) is 0 Å². The molecule has 0 radical (unpaired) electrons. The van der Waals surface area contributed by atoms with E-state index in [1.54, 1.807) is 0 Å². The van der Waals surface area contributed by atoms with E-state index in [0.717, 1.165) is 5.92 Å². The van der Waals surface area contributed by atoms with Crippen molar-refractivity contribution < 1.29 is 4.48 Å². The molecule has 0 aromatic carbocycles. The minimum absolute atomic E-state index is 0.519. The summed E-state index contributed by atoms with van der Waals surface area (Å²) in [6.45, 7) is 7.79. The maximum Gasteiger partial charge on any atom is 0.118 e. The maximum absolute atomic E-state index is 2.57. The van der Waals surface area contributed by atoms with Gasteiger partial charge in [-0.25, -0.2) is 0 Å². The SMILES string of the molecule is CCC1C[C@]2(C)C3=C(CCC3)CC[N+]2(C)C1. The smallest absolute Gasteiger partial charge is 0.118 e. The summed E-state index contributed by atoms with van der Waals surface area (Å²) in [5.41, 5.74) is 4.26. The second-order valence-corrected chi connectivity index (χ2v) is 6.74. The Balaban J connectivity index is 2.02. The van der Waals surface area contributed by atoms with Crippen molar-refractivity contribution in [1.29, 1.82) is 0 Å². The van der Waals surface area contributed by atoms with Crippen LogP contribution in [0.1, 0.15) is 52.4 Å². The fourth-order valence-electron chi connectivity index (χ4n) is 4.79. The third-order valence-electron chi connectivity index (χ3n) is 6.01. The molecule has 1 heteroatoms. The second kappa shape index (κ2) is 3.35. The van der Waals surface area contributed by atoms with Gasteiger partial charge in [-0.1, -0.05) is 12.5 Å². The molecule has 1 nitrogen and oxygen atoms in total. The molecule has 0 bridgehead atoms. The Labute approximate surface area is 100 Å². The minimum atomic E-state index is 0.519. The maximum atomic E-state index is 2.57. The average molecular weight is 220 g/mol. The predicted molar refractivity (Wildman–Crippen MR) is 68.2 cm³/mol. The number of hydrogen-bond donors (Lipinski definition) is 0. The molecule has 1 fully saturated rings. The zero-order valence-electron chi connectivity index (χ0n) is 11.2. The molecule has 16 heavy (non-hydrogen) atoms. The Morgan fingerprint density at radius 2 is 2.12 bits per heavy atom. The predicted octanol–water partition coefficient (Wildman–Crippen LogP) is 3.51. The van der Waals surface area contributed by atoms with Crippen molar-refractivity contribution in [2.45, 2.75) is 57.9 Å². The molecule has 90 valence electrons. The molecule has 2 unspecified atom stereocenters. The van der Waals surface area contributed by atoms with E-state index in [1.807, 2.05) is 11.1 Å². The summed E-state index contributed by atoms with van der Waals surface area (Å²) in [6, 6.07) is 0. The Hall–Kier alpha value is -0.300. The lowest BCUT2D eigenvalue weighted by Gasteiger charge is -2.48. The van der Waals surface area contributed by atoms with Crippen LogP contribution < -0.4 is 0 Å². The summed E-state index contributed by atoms with van der Waals surface area (Å²) >= 11 is 0. The normalized spacial score (nSPS) is 47.1. The van der Waals surface area contributed by atoms with Crippen LogP contribution in [0.15, 0.2) is 11.1 Å². The Morgan fingerprint density at radius 3 is 2.88 bits per heavy atom. The molecule has 0 aromatic heterocycles. The summed E-state index contributed by atoms with van der Waals surface area (Å²) in [4.78, 5) is 0. The van der Waals surface area contributed by atoms with Gasteiger partial charge in [0.05, 0.1) is 20.1 Å². The van der Waals surface area contributed by atoms with Gasteiger partial charge in [0, 0.05) is 18.8 Å². The van der Waals surface area contributed by atoms with Gasteiger partial charge < -0.3 is 4.48 Å². The first-order valence-corrected chi connectivity index (χ1v) is 7.15. The van der Waals surface area contributed by atoms with Crippen molar-refractivity contribution in [3.63, 3.8) is 0 Å². The van der Waals surface area contributed by atoms with Crippen molar-refractivity contribution in [3.8, 4) is 0 Å². The molecule has 0 spiro atoms. The number of fused-ring (bicyclic) bond motifs is 2. The van der Waals surface area contributed by atoms with Gasteiger partial charge in [0.15, 0.2) is 0 Å². The van der Waals surface area contributed by atoms with Gasteiger partial charge in [-0.2, -0.15) is 0 Å². The third-order valence-corrected chi connectivity index (χ3v) is 6.01. The number of rotatable bonds is 1. The van der Waals surface area contributed by atoms with Crippen LogP contribution in [0.2, 0.25) is 0 Å². The van der Waals surface area contributed by atoms with Crippen molar-refractivity contribution in [2.75, 3.05) is 20.1 Å². The number of quaternary nitrogens is 1. The van der Waals surface area contributed by atoms with Gasteiger partial charge in [0.1, 0.15) is 5.54 Å². The Kier molecular flexibility index (Phi) is 2.27. The highest BCUT2D eigenvalue weighted by atomic mass is 15.4. The van der Waals surface area contributed by atoms with Gasteiger partial charge >= 0.3 is 0 Å². The molecule has 3 atom stereocenters. The Morgan fingerprint density at radius 1 is 1.31 bits per heavy atom.